The molecule has 73 heavy (non-hydrogen) atoms. The summed E-state index contributed by atoms with van der Waals surface area (Å²) in [5, 5.41) is 31.3. The second-order valence-electron chi connectivity index (χ2n) is 19.9. The monoisotopic (exact) mass is 1030 g/mol. The first kappa shape index (κ1) is 67.4. The average Bonchev–Trinajstić information content (AvgIpc) is 3.37. The Kier molecular flexibility index (Phi) is 45.5. The second-order valence-corrected chi connectivity index (χ2v) is 19.9. The van der Waals surface area contributed by atoms with Gasteiger partial charge >= 0.3 is 23.9 Å². The van der Waals surface area contributed by atoms with Gasteiger partial charge in [-0.15, -0.1) is 0 Å². The van der Waals surface area contributed by atoms with Crippen LogP contribution in [0.5, 0.6) is 0 Å². The highest BCUT2D eigenvalue weighted by molar-refractivity contribution is 5.74. The van der Waals surface area contributed by atoms with Crippen molar-refractivity contribution in [3.05, 3.63) is 60.8 Å². The Balaban J connectivity index is 2.69. The molecule has 0 saturated carbocycles. The number of aliphatic hydroxyl groups excluding tert-OH is 2. The van der Waals surface area contributed by atoms with Crippen LogP contribution in [0.15, 0.2) is 60.8 Å². The van der Waals surface area contributed by atoms with Crippen molar-refractivity contribution in [2.45, 2.75) is 289 Å². The van der Waals surface area contributed by atoms with E-state index in [1.54, 1.807) is 6.08 Å². The fourth-order valence-electron chi connectivity index (χ4n) is 8.68. The first-order valence-electron chi connectivity index (χ1n) is 29.3. The number of hydrogen-bond acceptors (Lipinski definition) is 11. The van der Waals surface area contributed by atoms with Gasteiger partial charge in [-0.25, -0.2) is 4.79 Å². The van der Waals surface area contributed by atoms with E-state index in [4.69, 9.17) is 23.7 Å². The van der Waals surface area contributed by atoms with Gasteiger partial charge in [-0.2, -0.15) is 0 Å². The largest absolute Gasteiger partial charge is 0.479 e. The Morgan fingerprint density at radius 1 is 0.466 bits per heavy atom. The molecular formula is C61H104O12. The Bertz CT molecular complexity index is 1500. The standard InChI is InChI=1S/C61H104O12/c1-4-7-10-13-16-19-21-23-25-26-27-28-30-31-33-36-38-41-44-47-53(62)69-50-52(71-54(63)48-45-42-40-37-34-32-29-24-22-20-17-14-11-8-5-2)51-70-61-59(57(66)56(65)58(73-61)60(67)68)72-55(64)49-46-43-39-35-18-15-12-9-6-3/h8,11,17,20,24,29,34,37,42,45,52,56-59,61,65-66H,4-7,9-10,12-16,18-19,21-23,25-28,30-33,35-36,38-41,43-44,46-51H2,1-3H3,(H,67,68)/b11-8-,20-17-,29-24-,37-34-,45-42-. The number of rotatable bonds is 49. The van der Waals surface area contributed by atoms with Crippen LogP contribution in [0, 0.1) is 0 Å². The highest BCUT2D eigenvalue weighted by atomic mass is 16.7. The molecule has 0 amide bonds. The minimum atomic E-state index is -1.91. The van der Waals surface area contributed by atoms with Crippen LogP contribution in [-0.4, -0.2) is 89.2 Å². The summed E-state index contributed by atoms with van der Waals surface area (Å²) in [4.78, 5) is 50.9. The number of hydrogen-bond donors (Lipinski definition) is 3. The Labute approximate surface area is 443 Å². The van der Waals surface area contributed by atoms with E-state index < -0.39 is 67.3 Å². The number of carbonyl (C=O) groups excluding carboxylic acids is 3. The lowest BCUT2D eigenvalue weighted by molar-refractivity contribution is -0.301. The smallest absolute Gasteiger partial charge is 0.335 e. The maximum absolute atomic E-state index is 13.1. The van der Waals surface area contributed by atoms with Gasteiger partial charge in [0.25, 0.3) is 0 Å². The number of carboxylic acids is 1. The number of allylic oxidation sites excluding steroid dienone is 9. The molecule has 3 N–H and O–H groups in total. The van der Waals surface area contributed by atoms with Crippen LogP contribution < -0.4 is 0 Å². The number of unbranched alkanes of at least 4 members (excludes halogenated alkanes) is 26. The molecule has 0 aliphatic carbocycles. The van der Waals surface area contributed by atoms with Gasteiger partial charge in [0.15, 0.2) is 24.6 Å². The maximum Gasteiger partial charge on any atom is 0.335 e. The molecule has 0 bridgehead atoms. The summed E-state index contributed by atoms with van der Waals surface area (Å²) in [5.41, 5.74) is 0. The van der Waals surface area contributed by atoms with Crippen molar-refractivity contribution in [2.24, 2.45) is 0 Å². The first-order chi connectivity index (χ1) is 35.6. The molecule has 0 spiro atoms. The summed E-state index contributed by atoms with van der Waals surface area (Å²) >= 11 is 0. The van der Waals surface area contributed by atoms with Crippen molar-refractivity contribution in [2.75, 3.05) is 13.2 Å². The molecule has 6 unspecified atom stereocenters. The van der Waals surface area contributed by atoms with Gasteiger partial charge in [-0.3, -0.25) is 14.4 Å². The van der Waals surface area contributed by atoms with Crippen LogP contribution in [0.4, 0.5) is 0 Å². The number of carboxylic acid groups (broad SMARTS) is 1. The highest BCUT2D eigenvalue weighted by Crippen LogP contribution is 2.26. The van der Waals surface area contributed by atoms with Crippen LogP contribution in [0.2, 0.25) is 0 Å². The highest BCUT2D eigenvalue weighted by Gasteiger charge is 2.50. The number of esters is 3. The molecule has 1 rings (SSSR count). The van der Waals surface area contributed by atoms with Gasteiger partial charge in [0.2, 0.25) is 0 Å². The van der Waals surface area contributed by atoms with Crippen molar-refractivity contribution in [3.8, 4) is 0 Å². The number of carbonyl (C=O) groups is 4. The van der Waals surface area contributed by atoms with E-state index in [0.717, 1.165) is 70.6 Å². The lowest BCUT2D eigenvalue weighted by Gasteiger charge is -2.40. The predicted octanol–water partition coefficient (Wildman–Crippen LogP) is 14.8. The van der Waals surface area contributed by atoms with E-state index in [2.05, 4.69) is 63.3 Å². The molecule has 420 valence electrons. The lowest BCUT2D eigenvalue weighted by atomic mass is 9.98. The molecule has 0 aromatic carbocycles. The van der Waals surface area contributed by atoms with E-state index in [9.17, 15) is 34.5 Å². The molecule has 1 saturated heterocycles. The lowest BCUT2D eigenvalue weighted by Crippen LogP contribution is -2.61. The average molecular weight is 1030 g/mol. The maximum atomic E-state index is 13.1. The van der Waals surface area contributed by atoms with Crippen molar-refractivity contribution < 1.29 is 58.2 Å². The third-order valence-corrected chi connectivity index (χ3v) is 13.1. The van der Waals surface area contributed by atoms with Gasteiger partial charge in [0, 0.05) is 12.8 Å². The molecule has 1 aliphatic rings. The first-order valence-corrected chi connectivity index (χ1v) is 29.3. The van der Waals surface area contributed by atoms with Crippen LogP contribution in [0.1, 0.15) is 252 Å². The molecule has 0 radical (unpaired) electrons. The molecular weight excluding hydrogens is 925 g/mol. The summed E-state index contributed by atoms with van der Waals surface area (Å²) in [6.45, 7) is 5.77. The van der Waals surface area contributed by atoms with E-state index in [0.29, 0.717) is 19.3 Å². The number of aliphatic hydroxyl groups is 2. The van der Waals surface area contributed by atoms with Crippen molar-refractivity contribution in [1.82, 2.24) is 0 Å². The second kappa shape index (κ2) is 49.3. The normalized spacial score (nSPS) is 18.7. The molecule has 0 aromatic heterocycles. The summed E-state index contributed by atoms with van der Waals surface area (Å²) in [6.07, 6.45) is 48.2. The van der Waals surface area contributed by atoms with E-state index in [1.165, 1.54) is 122 Å². The Hall–Kier alpha value is -3.58. The Morgan fingerprint density at radius 3 is 1.26 bits per heavy atom. The Morgan fingerprint density at radius 2 is 0.849 bits per heavy atom. The predicted molar refractivity (Wildman–Crippen MR) is 294 cm³/mol. The van der Waals surface area contributed by atoms with Crippen LogP contribution in [0.3, 0.4) is 0 Å². The molecule has 0 aromatic rings. The van der Waals surface area contributed by atoms with Crippen LogP contribution in [0.25, 0.3) is 0 Å². The minimum absolute atomic E-state index is 0.0513. The topological polar surface area (TPSA) is 175 Å². The van der Waals surface area contributed by atoms with Crippen molar-refractivity contribution >= 4 is 23.9 Å². The quantitative estimate of drug-likeness (QED) is 0.0228. The molecule has 1 aliphatic heterocycles. The number of aliphatic carboxylic acids is 1. The van der Waals surface area contributed by atoms with Crippen LogP contribution >= 0.6 is 0 Å². The fraction of sp³-hybridized carbons (Fsp3) is 0.770. The molecule has 6 atom stereocenters. The third-order valence-electron chi connectivity index (χ3n) is 13.1. The minimum Gasteiger partial charge on any atom is -0.479 e. The molecule has 12 nitrogen and oxygen atoms in total. The van der Waals surface area contributed by atoms with Gasteiger partial charge in [-0.1, -0.05) is 248 Å². The van der Waals surface area contributed by atoms with Crippen molar-refractivity contribution in [1.29, 1.82) is 0 Å². The SMILES string of the molecule is CC/C=C\C/C=C\C/C=C\C/C=C\C/C=C\CC(=O)OC(COC(=O)CCCCCCCCCCCCCCCCCCCCC)COC1OC(C(=O)O)C(O)C(O)C1OC(=O)CCCCCCCCCCC. The fourth-order valence-corrected chi connectivity index (χ4v) is 8.68. The van der Waals surface area contributed by atoms with E-state index >= 15 is 0 Å². The summed E-state index contributed by atoms with van der Waals surface area (Å²) in [6, 6.07) is 0. The molecule has 1 heterocycles. The number of ether oxygens (including phenoxy) is 5. The van der Waals surface area contributed by atoms with Gasteiger partial charge in [-0.05, 0) is 44.9 Å². The molecule has 1 fully saturated rings. The molecule has 12 heteroatoms. The summed E-state index contributed by atoms with van der Waals surface area (Å²) < 4.78 is 28.2. The summed E-state index contributed by atoms with van der Waals surface area (Å²) in [5.74, 6) is -3.28. The van der Waals surface area contributed by atoms with Gasteiger partial charge < -0.3 is 39.0 Å². The zero-order chi connectivity index (χ0) is 53.3. The van der Waals surface area contributed by atoms with Gasteiger partial charge in [0.05, 0.1) is 13.0 Å². The van der Waals surface area contributed by atoms with Crippen molar-refractivity contribution in [3.63, 3.8) is 0 Å². The summed E-state index contributed by atoms with van der Waals surface area (Å²) in [7, 11) is 0. The zero-order valence-electron chi connectivity index (χ0n) is 46.1. The van der Waals surface area contributed by atoms with E-state index in [1.807, 2.05) is 12.2 Å². The zero-order valence-corrected chi connectivity index (χ0v) is 46.1. The van der Waals surface area contributed by atoms with E-state index in [-0.39, 0.29) is 25.9 Å². The van der Waals surface area contributed by atoms with Crippen LogP contribution in [-0.2, 0) is 42.9 Å². The van der Waals surface area contributed by atoms with Gasteiger partial charge in [0.1, 0.15) is 18.8 Å². The third kappa shape index (κ3) is 39.5.